The molecule has 148 valence electrons. The molecule has 1 amide bonds. The van der Waals surface area contributed by atoms with Gasteiger partial charge in [0.2, 0.25) is 11.9 Å². The van der Waals surface area contributed by atoms with E-state index in [0.29, 0.717) is 42.1 Å². The number of aromatic nitrogens is 2. The predicted octanol–water partition coefficient (Wildman–Crippen LogP) is 1.96. The van der Waals surface area contributed by atoms with Crippen LogP contribution in [-0.4, -0.2) is 54.3 Å². The highest BCUT2D eigenvalue weighted by molar-refractivity contribution is 6.03. The molecule has 1 saturated heterocycles. The Kier molecular flexibility index (Phi) is 4.76. The molecule has 9 heteroatoms. The number of aryl methyl sites for hydroxylation is 1. The van der Waals surface area contributed by atoms with Crippen LogP contribution in [0.1, 0.15) is 12.6 Å². The maximum Gasteiger partial charge on any atom is 0.246 e. The van der Waals surface area contributed by atoms with Gasteiger partial charge in [0.05, 0.1) is 24.9 Å². The maximum atomic E-state index is 13.1. The van der Waals surface area contributed by atoms with E-state index in [1.165, 1.54) is 12.1 Å². The Labute approximate surface area is 162 Å². The van der Waals surface area contributed by atoms with Crippen LogP contribution < -0.4 is 20.3 Å². The fourth-order valence-electron chi connectivity index (χ4n) is 3.25. The lowest BCUT2D eigenvalue weighted by Crippen LogP contribution is -2.45. The minimum Gasteiger partial charge on any atom is -0.486 e. The van der Waals surface area contributed by atoms with Crippen LogP contribution in [0.4, 0.5) is 21.8 Å². The predicted molar refractivity (Wildman–Crippen MR) is 102 cm³/mol. The van der Waals surface area contributed by atoms with E-state index >= 15 is 0 Å². The Bertz CT molecular complexity index is 892. The zero-order valence-corrected chi connectivity index (χ0v) is 15.9. The number of hydrogen-bond acceptors (Lipinski definition) is 7. The van der Waals surface area contributed by atoms with Crippen LogP contribution in [0.25, 0.3) is 0 Å². The molecule has 0 bridgehead atoms. The first-order valence-corrected chi connectivity index (χ1v) is 9.11. The van der Waals surface area contributed by atoms with Crippen molar-refractivity contribution in [2.75, 3.05) is 35.8 Å². The number of rotatable bonds is 4. The summed E-state index contributed by atoms with van der Waals surface area (Å²) in [6.45, 7) is 4.49. The molecule has 3 heterocycles. The van der Waals surface area contributed by atoms with E-state index in [4.69, 9.17) is 9.47 Å². The van der Waals surface area contributed by atoms with Crippen molar-refractivity contribution >= 4 is 23.4 Å². The number of nitrogens with zero attached hydrogens (tertiary/aromatic N) is 3. The first-order chi connectivity index (χ1) is 13.4. The van der Waals surface area contributed by atoms with Crippen LogP contribution in [0.5, 0.6) is 5.75 Å². The molecule has 2 N–H and O–H groups in total. The lowest BCUT2D eigenvalue weighted by Gasteiger charge is -2.33. The Morgan fingerprint density at radius 2 is 2.04 bits per heavy atom. The molecule has 28 heavy (non-hydrogen) atoms. The number of ether oxygens (including phenoxy) is 2. The van der Waals surface area contributed by atoms with Crippen molar-refractivity contribution in [2.45, 2.75) is 32.0 Å². The molecule has 1 aromatic carbocycles. The lowest BCUT2D eigenvalue weighted by atomic mass is 10.2. The molecule has 1 aromatic heterocycles. The van der Waals surface area contributed by atoms with Gasteiger partial charge in [0.15, 0.2) is 5.82 Å². The number of anilines is 3. The van der Waals surface area contributed by atoms with Gasteiger partial charge in [-0.1, -0.05) is 0 Å². The number of nitrogens with one attached hydrogen (secondary N) is 2. The molecule has 2 aliphatic heterocycles. The van der Waals surface area contributed by atoms with Crippen LogP contribution in [0.2, 0.25) is 0 Å². The van der Waals surface area contributed by atoms with E-state index in [-0.39, 0.29) is 29.9 Å². The number of benzene rings is 1. The molecule has 8 nitrogen and oxygen atoms in total. The third-order valence-corrected chi connectivity index (χ3v) is 5.06. The molecule has 2 aromatic rings. The quantitative estimate of drug-likeness (QED) is 0.829. The second-order valence-corrected chi connectivity index (χ2v) is 7.01. The van der Waals surface area contributed by atoms with Gasteiger partial charge in [-0.3, -0.25) is 4.79 Å². The highest BCUT2D eigenvalue weighted by Crippen LogP contribution is 2.32. The van der Waals surface area contributed by atoms with Crippen LogP contribution in [0, 0.1) is 12.7 Å². The van der Waals surface area contributed by atoms with Crippen molar-refractivity contribution in [3.05, 3.63) is 35.8 Å². The average Bonchev–Trinajstić information content (AvgIpc) is 3.09. The summed E-state index contributed by atoms with van der Waals surface area (Å²) >= 11 is 0. The summed E-state index contributed by atoms with van der Waals surface area (Å²) in [6, 6.07) is 5.40. The number of halogens is 1. The topological polar surface area (TPSA) is 88.6 Å². The highest BCUT2D eigenvalue weighted by atomic mass is 19.1. The lowest BCUT2D eigenvalue weighted by molar-refractivity contribution is -0.117. The Hall–Kier alpha value is -2.94. The maximum absolute atomic E-state index is 13.1. The van der Waals surface area contributed by atoms with Crippen LogP contribution >= 0.6 is 0 Å². The first kappa shape index (κ1) is 18.4. The summed E-state index contributed by atoms with van der Waals surface area (Å²) in [7, 11) is 1.83. The van der Waals surface area contributed by atoms with Gasteiger partial charge in [0.25, 0.3) is 0 Å². The molecule has 0 spiro atoms. The van der Waals surface area contributed by atoms with Gasteiger partial charge >= 0.3 is 0 Å². The minimum atomic E-state index is -0.320. The molecule has 0 unspecified atom stereocenters. The number of carbonyl (C=O) groups excluding carboxylic acids is 1. The molecule has 0 saturated carbocycles. The number of carbonyl (C=O) groups is 1. The van der Waals surface area contributed by atoms with Crippen molar-refractivity contribution in [3.63, 3.8) is 0 Å². The average molecular weight is 387 g/mol. The van der Waals surface area contributed by atoms with Crippen LogP contribution in [0.3, 0.4) is 0 Å². The van der Waals surface area contributed by atoms with Gasteiger partial charge in [-0.2, -0.15) is 4.98 Å². The Balaban J connectivity index is 1.53. The molecule has 3 atom stereocenters. The third-order valence-electron chi connectivity index (χ3n) is 5.06. The van der Waals surface area contributed by atoms with Gasteiger partial charge in [-0.05, 0) is 38.1 Å². The second-order valence-electron chi connectivity index (χ2n) is 7.01. The number of fused-ring (bicyclic) bond motifs is 1. The van der Waals surface area contributed by atoms with Crippen LogP contribution in [-0.2, 0) is 9.53 Å². The van der Waals surface area contributed by atoms with E-state index in [1.807, 2.05) is 25.8 Å². The van der Waals surface area contributed by atoms with E-state index in [0.717, 1.165) is 0 Å². The van der Waals surface area contributed by atoms with Crippen molar-refractivity contribution < 1.29 is 18.7 Å². The van der Waals surface area contributed by atoms with Crippen molar-refractivity contribution in [2.24, 2.45) is 0 Å². The van der Waals surface area contributed by atoms with Crippen molar-refractivity contribution in [1.29, 1.82) is 0 Å². The van der Waals surface area contributed by atoms with Gasteiger partial charge in [0.1, 0.15) is 29.4 Å². The monoisotopic (exact) mass is 387 g/mol. The molecular weight excluding hydrogens is 365 g/mol. The number of hydrogen-bond donors (Lipinski definition) is 2. The van der Waals surface area contributed by atoms with Gasteiger partial charge < -0.3 is 25.0 Å². The van der Waals surface area contributed by atoms with E-state index < -0.39 is 0 Å². The van der Waals surface area contributed by atoms with Gasteiger partial charge in [-0.15, -0.1) is 0 Å². The summed E-state index contributed by atoms with van der Waals surface area (Å²) in [5.74, 6) is 1.28. The summed E-state index contributed by atoms with van der Waals surface area (Å²) in [4.78, 5) is 22.9. The molecule has 1 fully saturated rings. The Morgan fingerprint density at radius 3 is 2.79 bits per heavy atom. The SMILES string of the molecule is Cc1nc(N[C@@H]2COC[C@H]2Oc2ccc(F)cc2)nc2c1NC(=O)[C@H](C)N2C. The zero-order valence-electron chi connectivity index (χ0n) is 15.9. The minimum absolute atomic E-state index is 0.0839. The molecule has 4 rings (SSSR count). The molecule has 0 aliphatic carbocycles. The van der Waals surface area contributed by atoms with Gasteiger partial charge in [-0.25, -0.2) is 9.37 Å². The molecule has 2 aliphatic rings. The highest BCUT2D eigenvalue weighted by Gasteiger charge is 2.33. The van der Waals surface area contributed by atoms with Crippen LogP contribution in [0.15, 0.2) is 24.3 Å². The first-order valence-electron chi connectivity index (χ1n) is 9.11. The molecule has 0 radical (unpaired) electrons. The number of amides is 1. The smallest absolute Gasteiger partial charge is 0.246 e. The second kappa shape index (κ2) is 7.23. The summed E-state index contributed by atoms with van der Waals surface area (Å²) < 4.78 is 24.6. The largest absolute Gasteiger partial charge is 0.486 e. The fourth-order valence-corrected chi connectivity index (χ4v) is 3.25. The van der Waals surface area contributed by atoms with Crippen molar-refractivity contribution in [1.82, 2.24) is 9.97 Å². The van der Waals surface area contributed by atoms with Gasteiger partial charge in [0, 0.05) is 7.05 Å². The van der Waals surface area contributed by atoms with Crippen molar-refractivity contribution in [3.8, 4) is 5.75 Å². The summed E-state index contributed by atoms with van der Waals surface area (Å²) in [5.41, 5.74) is 1.30. The molecular formula is C19H22FN5O3. The third kappa shape index (κ3) is 3.45. The fraction of sp³-hybridized carbons (Fsp3) is 0.421. The summed E-state index contributed by atoms with van der Waals surface area (Å²) in [6.07, 6.45) is -0.262. The standard InChI is InChI=1S/C19H22FN5O3/c1-10-16-17(25(3)11(2)18(26)23-16)24-19(21-10)22-14-8-27-9-15(14)28-13-6-4-12(20)5-7-13/h4-7,11,14-15H,8-9H2,1-3H3,(H,23,26)(H,21,22,24)/t11-,14+,15+/m0/s1. The normalized spacial score (nSPS) is 23.9. The van der Waals surface area contributed by atoms with E-state index in [2.05, 4.69) is 20.6 Å². The number of likely N-dealkylation sites (N-methyl/N-ethyl adjacent to an activating group) is 1. The van der Waals surface area contributed by atoms with E-state index in [1.54, 1.807) is 12.1 Å². The van der Waals surface area contributed by atoms with E-state index in [9.17, 15) is 9.18 Å². The summed E-state index contributed by atoms with van der Waals surface area (Å²) in [5, 5.41) is 6.14. The zero-order chi connectivity index (χ0) is 19.8. The Morgan fingerprint density at radius 1 is 1.29 bits per heavy atom.